The molecule has 0 aliphatic heterocycles. The van der Waals surface area contributed by atoms with E-state index in [2.05, 4.69) is 33.8 Å². The van der Waals surface area contributed by atoms with Gasteiger partial charge in [-0.15, -0.1) is 0 Å². The first-order chi connectivity index (χ1) is 15.0. The van der Waals surface area contributed by atoms with Gasteiger partial charge in [-0.25, -0.2) is 0 Å². The minimum Gasteiger partial charge on any atom is -0.481 e. The summed E-state index contributed by atoms with van der Waals surface area (Å²) in [4.78, 5) is 21.3. The number of rotatable bonds is 1. The lowest BCUT2D eigenvalue weighted by atomic mass is 9.45. The zero-order valence-corrected chi connectivity index (χ0v) is 21.9. The van der Waals surface area contributed by atoms with Crippen LogP contribution in [-0.4, -0.2) is 28.1 Å². The van der Waals surface area contributed by atoms with Crippen LogP contribution in [0.4, 0.5) is 0 Å². The topological polar surface area (TPSA) is 74.6 Å². The molecule has 184 valence electrons. The van der Waals surface area contributed by atoms with Gasteiger partial charge in [-0.05, 0) is 66.9 Å². The number of allylic oxidation sites excluding steroid dienone is 4. The molecule has 0 saturated heterocycles. The quantitative estimate of drug-likeness (QED) is 0.469. The number of fused-ring (bicyclic) bond motifs is 5. The van der Waals surface area contributed by atoms with E-state index in [1.807, 2.05) is 33.8 Å². The van der Waals surface area contributed by atoms with Crippen molar-refractivity contribution in [3.05, 3.63) is 23.8 Å². The maximum atomic E-state index is 11.9. The predicted octanol–water partition coefficient (Wildman–Crippen LogP) is 6.68. The van der Waals surface area contributed by atoms with Gasteiger partial charge in [0.25, 0.3) is 0 Å². The number of carboxylic acids is 1. The molecule has 4 nitrogen and oxygen atoms in total. The van der Waals surface area contributed by atoms with Gasteiger partial charge in [-0.2, -0.15) is 0 Å². The van der Waals surface area contributed by atoms with E-state index >= 15 is 0 Å². The van der Waals surface area contributed by atoms with Gasteiger partial charge in [0.1, 0.15) is 0 Å². The van der Waals surface area contributed by atoms with Crippen LogP contribution < -0.4 is 0 Å². The Labute approximate surface area is 196 Å². The number of carboxylic acid groups (broad SMARTS) is 1. The third kappa shape index (κ3) is 5.21. The summed E-state index contributed by atoms with van der Waals surface area (Å²) < 4.78 is 0. The smallest absolute Gasteiger partial charge is 0.303 e. The van der Waals surface area contributed by atoms with Crippen molar-refractivity contribution in [2.24, 2.45) is 40.4 Å². The Morgan fingerprint density at radius 3 is 2.22 bits per heavy atom. The second kappa shape index (κ2) is 11.6. The zero-order valence-electron chi connectivity index (χ0n) is 21.9. The summed E-state index contributed by atoms with van der Waals surface area (Å²) >= 11 is 0. The van der Waals surface area contributed by atoms with E-state index in [9.17, 15) is 14.7 Å². The predicted molar refractivity (Wildman–Crippen MR) is 132 cm³/mol. The van der Waals surface area contributed by atoms with Crippen LogP contribution in [0.15, 0.2) is 23.8 Å². The Hall–Kier alpha value is -1.42. The Kier molecular flexibility index (Phi) is 10.4. The Bertz CT molecular complexity index is 708. The highest BCUT2D eigenvalue weighted by molar-refractivity contribution is 6.01. The summed E-state index contributed by atoms with van der Waals surface area (Å²) in [6.07, 6.45) is 10.4. The summed E-state index contributed by atoms with van der Waals surface area (Å²) in [6.45, 7) is 18.9. The number of hydrogen-bond donors (Lipinski definition) is 2. The Balaban J connectivity index is 0.000000497. The van der Waals surface area contributed by atoms with Crippen molar-refractivity contribution in [2.75, 3.05) is 0 Å². The average molecular weight is 449 g/mol. The van der Waals surface area contributed by atoms with Gasteiger partial charge < -0.3 is 10.2 Å². The second-order valence-electron chi connectivity index (χ2n) is 10.1. The third-order valence-electron chi connectivity index (χ3n) is 8.59. The van der Waals surface area contributed by atoms with Crippen molar-refractivity contribution >= 4 is 11.8 Å². The Morgan fingerprint density at radius 2 is 1.69 bits per heavy atom. The fourth-order valence-corrected chi connectivity index (χ4v) is 7.00. The number of aliphatic hydroxyl groups excluding tert-OH is 1. The average Bonchev–Trinajstić information content (AvgIpc) is 3.06. The summed E-state index contributed by atoms with van der Waals surface area (Å²) in [5.74, 6) is 2.13. The molecular weight excluding hydrogens is 400 g/mol. The molecule has 4 heteroatoms. The highest BCUT2D eigenvalue weighted by Crippen LogP contribution is 2.66. The Morgan fingerprint density at radius 1 is 1.12 bits per heavy atom. The van der Waals surface area contributed by atoms with Crippen molar-refractivity contribution in [2.45, 2.75) is 101 Å². The number of hydrogen-bond acceptors (Lipinski definition) is 3. The molecule has 0 bridgehead atoms. The van der Waals surface area contributed by atoms with Gasteiger partial charge in [0.15, 0.2) is 5.78 Å². The molecule has 4 aliphatic rings. The molecule has 3 saturated carbocycles. The summed E-state index contributed by atoms with van der Waals surface area (Å²) in [6, 6.07) is 0. The first kappa shape index (κ1) is 28.6. The van der Waals surface area contributed by atoms with Crippen LogP contribution in [0.2, 0.25) is 0 Å². The van der Waals surface area contributed by atoms with E-state index < -0.39 is 5.97 Å². The molecular formula is C28H48O4. The largest absolute Gasteiger partial charge is 0.481 e. The van der Waals surface area contributed by atoms with Gasteiger partial charge >= 0.3 is 5.97 Å². The SMILES string of the molecule is CC.CC.CC1CC[C@H]2C3C[C@H](C)C4=CC(=O)C=CC4(C)[C@H]3C(O)CC12C.CCC(=O)O. The first-order valence-corrected chi connectivity index (χ1v) is 12.9. The van der Waals surface area contributed by atoms with E-state index in [0.717, 1.165) is 18.8 Å². The lowest BCUT2D eigenvalue weighted by Crippen LogP contribution is -2.57. The van der Waals surface area contributed by atoms with Crippen LogP contribution in [-0.2, 0) is 9.59 Å². The van der Waals surface area contributed by atoms with Crippen LogP contribution in [0.25, 0.3) is 0 Å². The first-order valence-electron chi connectivity index (χ1n) is 12.9. The van der Waals surface area contributed by atoms with Crippen molar-refractivity contribution in [1.29, 1.82) is 0 Å². The van der Waals surface area contributed by atoms with Crippen LogP contribution in [0.5, 0.6) is 0 Å². The van der Waals surface area contributed by atoms with E-state index in [4.69, 9.17) is 5.11 Å². The standard InChI is InChI=1S/C21H30O2.C3H6O2.2C2H6/c1-12-9-15-16-6-5-13(2)21(16,4)11-18(23)19(15)20(3)8-7-14(22)10-17(12)20;1-2-3(4)5;2*1-2/h7-8,10,12-13,15-16,18-19,23H,5-6,9,11H2,1-4H3;2H2,1H3,(H,4,5);2*1-2H3/t12-,13?,15?,16-,18?,19+,20?,21?;;;/m0.../s1. The fraction of sp³-hybridized carbons (Fsp3) is 0.786. The molecule has 0 amide bonds. The molecule has 0 aromatic rings. The summed E-state index contributed by atoms with van der Waals surface area (Å²) in [5.41, 5.74) is 1.43. The van der Waals surface area contributed by atoms with E-state index in [1.165, 1.54) is 18.4 Å². The number of carbonyl (C=O) groups excluding carboxylic acids is 1. The van der Waals surface area contributed by atoms with Crippen molar-refractivity contribution in [3.8, 4) is 0 Å². The normalized spacial score (nSPS) is 41.1. The minimum atomic E-state index is -0.745. The molecule has 0 radical (unpaired) electrons. The molecule has 32 heavy (non-hydrogen) atoms. The highest BCUT2D eigenvalue weighted by Gasteiger charge is 2.61. The molecule has 2 N–H and O–H groups in total. The van der Waals surface area contributed by atoms with Gasteiger partial charge in [-0.3, -0.25) is 9.59 Å². The van der Waals surface area contributed by atoms with Crippen molar-refractivity contribution < 1.29 is 19.8 Å². The zero-order chi connectivity index (χ0) is 24.9. The monoisotopic (exact) mass is 448 g/mol. The lowest BCUT2D eigenvalue weighted by Gasteiger charge is -2.60. The number of ketones is 1. The van der Waals surface area contributed by atoms with E-state index in [-0.39, 0.29) is 29.6 Å². The molecule has 0 spiro atoms. The minimum absolute atomic E-state index is 0.118. The van der Waals surface area contributed by atoms with Crippen molar-refractivity contribution in [3.63, 3.8) is 0 Å². The molecule has 0 heterocycles. The summed E-state index contributed by atoms with van der Waals surface area (Å²) in [5, 5.41) is 18.9. The maximum Gasteiger partial charge on any atom is 0.303 e. The van der Waals surface area contributed by atoms with Gasteiger partial charge in [-0.1, -0.05) is 74.0 Å². The second-order valence-corrected chi connectivity index (χ2v) is 10.1. The number of carbonyl (C=O) groups is 2. The van der Waals surface area contributed by atoms with Crippen LogP contribution >= 0.6 is 0 Å². The summed E-state index contributed by atoms with van der Waals surface area (Å²) in [7, 11) is 0. The molecule has 4 rings (SSSR count). The maximum absolute atomic E-state index is 11.9. The van der Waals surface area contributed by atoms with Gasteiger partial charge in [0.2, 0.25) is 0 Å². The van der Waals surface area contributed by atoms with E-state index in [1.54, 1.807) is 13.0 Å². The number of aliphatic hydroxyl groups is 1. The third-order valence-corrected chi connectivity index (χ3v) is 8.59. The fourth-order valence-electron chi connectivity index (χ4n) is 7.00. The van der Waals surface area contributed by atoms with Gasteiger partial charge in [0.05, 0.1) is 6.10 Å². The lowest BCUT2D eigenvalue weighted by molar-refractivity contribution is -0.136. The molecule has 4 aliphatic carbocycles. The highest BCUT2D eigenvalue weighted by atomic mass is 16.4. The van der Waals surface area contributed by atoms with Gasteiger partial charge in [0, 0.05) is 17.8 Å². The van der Waals surface area contributed by atoms with E-state index in [0.29, 0.717) is 23.2 Å². The van der Waals surface area contributed by atoms with Crippen LogP contribution in [0.3, 0.4) is 0 Å². The van der Waals surface area contributed by atoms with Crippen molar-refractivity contribution in [1.82, 2.24) is 0 Å². The molecule has 3 fully saturated rings. The molecule has 5 unspecified atom stereocenters. The van der Waals surface area contributed by atoms with Crippen LogP contribution in [0, 0.1) is 40.4 Å². The number of aliphatic carboxylic acids is 1. The molecule has 8 atom stereocenters. The molecule has 0 aromatic carbocycles. The molecule has 0 aromatic heterocycles. The van der Waals surface area contributed by atoms with Crippen LogP contribution in [0.1, 0.15) is 94.4 Å².